The number of esters is 1. The number of fused-ring (bicyclic) bond motifs is 5. The molecule has 26 heavy (non-hydrogen) atoms. The van der Waals surface area contributed by atoms with Crippen LogP contribution in [0.25, 0.3) is 0 Å². The maximum Gasteiger partial charge on any atom is 0.312 e. The van der Waals surface area contributed by atoms with E-state index in [0.717, 1.165) is 6.42 Å². The molecule has 0 bridgehead atoms. The summed E-state index contributed by atoms with van der Waals surface area (Å²) in [7, 11) is 1.60. The largest absolute Gasteiger partial charge is 0.469 e. The molecule has 140 valence electrons. The Labute approximate surface area is 155 Å². The highest BCUT2D eigenvalue weighted by molar-refractivity contribution is 5.92. The molecule has 0 heterocycles. The third kappa shape index (κ3) is 1.13. The quantitative estimate of drug-likeness (QED) is 0.676. The molecule has 0 amide bonds. The lowest BCUT2D eigenvalue weighted by Gasteiger charge is -2.39. The van der Waals surface area contributed by atoms with Crippen molar-refractivity contribution >= 4 is 11.8 Å². The molecule has 0 aromatic heterocycles. The number of ketones is 1. The van der Waals surface area contributed by atoms with Crippen molar-refractivity contribution in [1.29, 1.82) is 0 Å². The molecule has 0 aromatic rings. The third-order valence-electron chi connectivity index (χ3n) is 11.6. The second kappa shape index (κ2) is 4.10. The summed E-state index contributed by atoms with van der Waals surface area (Å²) in [6, 6.07) is 0. The molecule has 0 unspecified atom stereocenters. The number of ether oxygens (including phenoxy) is 1. The maximum atomic E-state index is 13.7. The van der Waals surface area contributed by atoms with Gasteiger partial charge in [0, 0.05) is 11.3 Å². The highest BCUT2D eigenvalue weighted by Crippen LogP contribution is 2.87. The van der Waals surface area contributed by atoms with Crippen LogP contribution in [0, 0.1) is 75.9 Å². The molecule has 13 atom stereocenters. The van der Waals surface area contributed by atoms with Crippen molar-refractivity contribution in [3.8, 4) is 0 Å². The van der Waals surface area contributed by atoms with E-state index < -0.39 is 0 Å². The van der Waals surface area contributed by atoms with Crippen LogP contribution in [0.3, 0.4) is 0 Å². The minimum atomic E-state index is -0.291. The second-order valence-corrected chi connectivity index (χ2v) is 11.4. The third-order valence-corrected chi connectivity index (χ3v) is 11.6. The van der Waals surface area contributed by atoms with Crippen LogP contribution in [0.5, 0.6) is 0 Å². The molecule has 3 nitrogen and oxygen atoms in total. The van der Waals surface area contributed by atoms with Gasteiger partial charge in [0.1, 0.15) is 5.78 Å². The van der Waals surface area contributed by atoms with Crippen molar-refractivity contribution in [2.24, 2.45) is 75.9 Å². The Hall–Kier alpha value is -0.860. The summed E-state index contributed by atoms with van der Waals surface area (Å²) in [5, 5.41) is 0. The highest BCUT2D eigenvalue weighted by atomic mass is 16.5. The van der Waals surface area contributed by atoms with Crippen molar-refractivity contribution in [3.63, 3.8) is 0 Å². The van der Waals surface area contributed by atoms with Crippen LogP contribution in [-0.4, -0.2) is 18.9 Å². The van der Waals surface area contributed by atoms with Gasteiger partial charge in [-0.2, -0.15) is 0 Å². The van der Waals surface area contributed by atoms with Crippen molar-refractivity contribution in [2.45, 2.75) is 46.0 Å². The molecule has 7 aliphatic rings. The Kier molecular flexibility index (Phi) is 2.38. The van der Waals surface area contributed by atoms with E-state index in [4.69, 9.17) is 4.74 Å². The fraction of sp³-hybridized carbons (Fsp3) is 0.913. The molecule has 0 saturated heterocycles. The lowest BCUT2D eigenvalue weighted by atomic mass is 9.64. The minimum absolute atomic E-state index is 0.0580. The lowest BCUT2D eigenvalue weighted by Crippen LogP contribution is -2.44. The van der Waals surface area contributed by atoms with Gasteiger partial charge < -0.3 is 4.74 Å². The number of carbonyl (C=O) groups is 2. The Morgan fingerprint density at radius 1 is 0.885 bits per heavy atom. The van der Waals surface area contributed by atoms with Gasteiger partial charge in [-0.1, -0.05) is 13.3 Å². The SMILES string of the molecule is COC(=O)[C@]1(C)[C@@H]2[C@H]3CC[C@@H]4C(=O)[C@@]5(C)[C@H]([C@H]2[C@@H]2[C@H]1[C@@H]1CCC[C@@H]1[C@H]25)[C@@H]34. The Balaban J connectivity index is 1.51. The fourth-order valence-electron chi connectivity index (χ4n) is 11.7. The maximum absolute atomic E-state index is 13.7. The summed E-state index contributed by atoms with van der Waals surface area (Å²) in [6.45, 7) is 4.67. The standard InChI is InChI=1S/C23H30O3/c1-22-16-9-5-4-6-10(9)17-14(16)15-18(23(17,2)21(25)26-3)11-7-8-12(20(22)24)13(11)19(15)22/h9-19H,4-8H2,1-3H3/t9-,10+,11-,12-,13-,14-,15-,16+,17+,18+,19-,22+,23-/m0/s1. The van der Waals surface area contributed by atoms with Crippen molar-refractivity contribution in [1.82, 2.24) is 0 Å². The second-order valence-electron chi connectivity index (χ2n) is 11.4. The summed E-state index contributed by atoms with van der Waals surface area (Å²) in [4.78, 5) is 26.9. The van der Waals surface area contributed by atoms with Crippen molar-refractivity contribution < 1.29 is 14.3 Å². The summed E-state index contributed by atoms with van der Waals surface area (Å²) in [6.07, 6.45) is 6.15. The average molecular weight is 354 g/mol. The average Bonchev–Trinajstić information content (AvgIpc) is 3.38. The first-order valence-corrected chi connectivity index (χ1v) is 11.1. The van der Waals surface area contributed by atoms with Crippen LogP contribution in [-0.2, 0) is 14.3 Å². The normalized spacial score (nSPS) is 68.0. The van der Waals surface area contributed by atoms with E-state index >= 15 is 0 Å². The predicted molar refractivity (Wildman–Crippen MR) is 94.7 cm³/mol. The van der Waals surface area contributed by atoms with Gasteiger partial charge in [0.05, 0.1) is 12.5 Å². The van der Waals surface area contributed by atoms with Gasteiger partial charge in [-0.25, -0.2) is 0 Å². The van der Waals surface area contributed by atoms with E-state index in [0.29, 0.717) is 70.9 Å². The molecular formula is C23H30O3. The van der Waals surface area contributed by atoms with Crippen LogP contribution in [0.1, 0.15) is 46.0 Å². The van der Waals surface area contributed by atoms with Crippen LogP contribution in [0.4, 0.5) is 0 Å². The van der Waals surface area contributed by atoms with Gasteiger partial charge in [-0.15, -0.1) is 0 Å². The molecule has 0 N–H and O–H groups in total. The Morgan fingerprint density at radius 2 is 1.54 bits per heavy atom. The molecule has 7 saturated carbocycles. The van der Waals surface area contributed by atoms with E-state index in [1.807, 2.05) is 0 Å². The molecular weight excluding hydrogens is 324 g/mol. The first-order valence-electron chi connectivity index (χ1n) is 11.1. The summed E-state index contributed by atoms with van der Waals surface area (Å²) < 4.78 is 5.48. The van der Waals surface area contributed by atoms with E-state index in [1.165, 1.54) is 25.7 Å². The van der Waals surface area contributed by atoms with Gasteiger partial charge in [0.2, 0.25) is 0 Å². The van der Waals surface area contributed by atoms with E-state index in [9.17, 15) is 9.59 Å². The van der Waals surface area contributed by atoms with Gasteiger partial charge in [0.15, 0.2) is 0 Å². The number of hydrogen-bond donors (Lipinski definition) is 0. The Morgan fingerprint density at radius 3 is 2.27 bits per heavy atom. The van der Waals surface area contributed by atoms with Crippen molar-refractivity contribution in [2.75, 3.05) is 7.11 Å². The number of hydrogen-bond acceptors (Lipinski definition) is 3. The van der Waals surface area contributed by atoms with E-state index in [-0.39, 0.29) is 16.8 Å². The monoisotopic (exact) mass is 354 g/mol. The molecule has 0 aromatic carbocycles. The predicted octanol–water partition coefficient (Wildman–Crippen LogP) is 3.57. The molecule has 0 spiro atoms. The number of methoxy groups -OCH3 is 1. The number of Topliss-reactive ketones (excluding diaryl/α,β-unsaturated/α-hetero) is 1. The molecule has 3 heteroatoms. The van der Waals surface area contributed by atoms with Gasteiger partial charge in [-0.3, -0.25) is 9.59 Å². The first kappa shape index (κ1) is 15.1. The topological polar surface area (TPSA) is 43.4 Å². The molecule has 0 aliphatic heterocycles. The highest BCUT2D eigenvalue weighted by Gasteiger charge is 2.87. The molecule has 7 rings (SSSR count). The number of rotatable bonds is 1. The molecule has 7 fully saturated rings. The van der Waals surface area contributed by atoms with Crippen LogP contribution in [0.2, 0.25) is 0 Å². The zero-order chi connectivity index (χ0) is 17.7. The van der Waals surface area contributed by atoms with Crippen LogP contribution in [0.15, 0.2) is 0 Å². The van der Waals surface area contributed by atoms with Gasteiger partial charge >= 0.3 is 5.97 Å². The Bertz CT molecular complexity index is 751. The lowest BCUT2D eigenvalue weighted by molar-refractivity contribution is -0.160. The fourth-order valence-corrected chi connectivity index (χ4v) is 11.7. The van der Waals surface area contributed by atoms with Crippen LogP contribution >= 0.6 is 0 Å². The summed E-state index contributed by atoms with van der Waals surface area (Å²) in [5.74, 6) is 7.02. The molecule has 0 radical (unpaired) electrons. The summed E-state index contributed by atoms with van der Waals surface area (Å²) >= 11 is 0. The van der Waals surface area contributed by atoms with E-state index in [1.54, 1.807) is 7.11 Å². The number of carbonyl (C=O) groups excluding carboxylic acids is 2. The smallest absolute Gasteiger partial charge is 0.312 e. The van der Waals surface area contributed by atoms with Gasteiger partial charge in [-0.05, 0) is 91.8 Å². The summed E-state index contributed by atoms with van der Waals surface area (Å²) in [5.41, 5.74) is -0.349. The van der Waals surface area contributed by atoms with Crippen LogP contribution < -0.4 is 0 Å². The minimum Gasteiger partial charge on any atom is -0.469 e. The van der Waals surface area contributed by atoms with Crippen molar-refractivity contribution in [3.05, 3.63) is 0 Å². The molecule has 7 aliphatic carbocycles. The zero-order valence-corrected chi connectivity index (χ0v) is 16.1. The van der Waals surface area contributed by atoms with Gasteiger partial charge in [0.25, 0.3) is 0 Å². The van der Waals surface area contributed by atoms with E-state index in [2.05, 4.69) is 13.8 Å². The first-order chi connectivity index (χ1) is 12.5. The zero-order valence-electron chi connectivity index (χ0n) is 16.1.